The molecule has 0 fully saturated rings. The van der Waals surface area contributed by atoms with E-state index in [1.54, 1.807) is 0 Å². The lowest BCUT2D eigenvalue weighted by molar-refractivity contribution is 1.07. The van der Waals surface area contributed by atoms with Crippen LogP contribution in [-0.2, 0) is 0 Å². The monoisotopic (exact) mass is 630 g/mol. The first kappa shape index (κ1) is 27.0. The summed E-state index contributed by atoms with van der Waals surface area (Å²) in [5, 5.41) is 7.76. The Kier molecular flexibility index (Phi) is 6.01. The van der Waals surface area contributed by atoms with Gasteiger partial charge in [-0.2, -0.15) is 0 Å². The van der Waals surface area contributed by atoms with Crippen molar-refractivity contribution in [2.45, 2.75) is 0 Å². The van der Waals surface area contributed by atoms with E-state index in [1.807, 2.05) is 72.0 Å². The summed E-state index contributed by atoms with van der Waals surface area (Å²) < 4.78 is 5.05. The van der Waals surface area contributed by atoms with Gasteiger partial charge in [0, 0.05) is 48.6 Å². The van der Waals surface area contributed by atoms with E-state index in [9.17, 15) is 0 Å². The van der Waals surface area contributed by atoms with Gasteiger partial charge in [-0.3, -0.25) is 0 Å². The molecule has 10 aromatic rings. The van der Waals surface area contributed by atoms with Gasteiger partial charge in [0.15, 0.2) is 17.5 Å². The Morgan fingerprint density at radius 1 is 0.396 bits per heavy atom. The average Bonchev–Trinajstić information content (AvgIpc) is 3.73. The molecule has 0 unspecified atom stereocenters. The number of hydrogen-bond donors (Lipinski definition) is 0. The van der Waals surface area contributed by atoms with Crippen LogP contribution in [0.1, 0.15) is 0 Å². The average molecular weight is 631 g/mol. The van der Waals surface area contributed by atoms with Crippen molar-refractivity contribution < 1.29 is 0 Å². The Morgan fingerprint density at radius 3 is 1.50 bits per heavy atom. The molecule has 224 valence electrons. The summed E-state index contributed by atoms with van der Waals surface area (Å²) in [6, 6.07) is 55.3. The van der Waals surface area contributed by atoms with Crippen LogP contribution < -0.4 is 0 Å². The van der Waals surface area contributed by atoms with Crippen molar-refractivity contribution in [3.63, 3.8) is 0 Å². The molecule has 0 amide bonds. The number of aromatic nitrogens is 4. The van der Waals surface area contributed by atoms with Crippen molar-refractivity contribution in [1.82, 2.24) is 19.5 Å². The molecule has 0 aliphatic heterocycles. The number of thiophene rings is 1. The third-order valence-corrected chi connectivity index (χ3v) is 10.4. The predicted octanol–water partition coefficient (Wildman–Crippen LogP) is 11.5. The minimum Gasteiger partial charge on any atom is -0.308 e. The van der Waals surface area contributed by atoms with E-state index in [4.69, 9.17) is 15.0 Å². The standard InChI is InChI=1S/C43H26N4S/c1-3-13-27(14-4-1)41-44-42(28-15-5-2-6-16-28)46-43(45-41)29-23-25-30(26-24-29)47-35-21-11-9-19-33(35)37-31-17-7-8-18-32(31)38-34-20-10-12-22-36(34)48-40(38)39(37)47/h1-26H. The molecule has 0 N–H and O–H groups in total. The van der Waals surface area contributed by atoms with Crippen LogP contribution in [0.2, 0.25) is 0 Å². The Hall–Kier alpha value is -6.17. The Labute approximate surface area is 280 Å². The fourth-order valence-corrected chi connectivity index (χ4v) is 8.35. The summed E-state index contributed by atoms with van der Waals surface area (Å²) in [5.74, 6) is 1.96. The lowest BCUT2D eigenvalue weighted by atomic mass is 9.99. The fourth-order valence-electron chi connectivity index (χ4n) is 7.09. The Bertz CT molecular complexity index is 2760. The largest absolute Gasteiger partial charge is 0.308 e. The smallest absolute Gasteiger partial charge is 0.164 e. The fraction of sp³-hybridized carbons (Fsp3) is 0. The Morgan fingerprint density at radius 2 is 0.875 bits per heavy atom. The van der Waals surface area contributed by atoms with Crippen molar-refractivity contribution in [3.05, 3.63) is 158 Å². The van der Waals surface area contributed by atoms with E-state index in [2.05, 4.69) is 102 Å². The molecule has 0 spiro atoms. The van der Waals surface area contributed by atoms with Gasteiger partial charge in [-0.15, -0.1) is 11.3 Å². The molecule has 0 saturated heterocycles. The molecule has 5 heteroatoms. The first-order valence-corrected chi connectivity index (χ1v) is 16.9. The zero-order valence-corrected chi connectivity index (χ0v) is 26.5. The lowest BCUT2D eigenvalue weighted by Gasteiger charge is -2.12. The van der Waals surface area contributed by atoms with Crippen LogP contribution in [0.15, 0.2) is 158 Å². The van der Waals surface area contributed by atoms with Gasteiger partial charge in [0.25, 0.3) is 0 Å². The van der Waals surface area contributed by atoms with Gasteiger partial charge < -0.3 is 4.57 Å². The highest BCUT2D eigenvalue weighted by Crippen LogP contribution is 2.47. The molecular weight excluding hydrogens is 605 g/mol. The molecule has 0 saturated carbocycles. The van der Waals surface area contributed by atoms with Crippen molar-refractivity contribution in [1.29, 1.82) is 0 Å². The maximum absolute atomic E-state index is 4.96. The molecule has 0 atom stereocenters. The van der Waals surface area contributed by atoms with E-state index >= 15 is 0 Å². The van der Waals surface area contributed by atoms with Crippen LogP contribution in [-0.4, -0.2) is 19.5 Å². The molecule has 10 rings (SSSR count). The third kappa shape index (κ3) is 4.11. The van der Waals surface area contributed by atoms with Crippen molar-refractivity contribution >= 4 is 64.1 Å². The summed E-state index contributed by atoms with van der Waals surface area (Å²) in [5.41, 5.74) is 6.39. The van der Waals surface area contributed by atoms with E-state index in [1.165, 1.54) is 52.8 Å². The van der Waals surface area contributed by atoms with Gasteiger partial charge in [-0.25, -0.2) is 15.0 Å². The lowest BCUT2D eigenvalue weighted by Crippen LogP contribution is -2.00. The van der Waals surface area contributed by atoms with Gasteiger partial charge in [-0.1, -0.05) is 121 Å². The summed E-state index contributed by atoms with van der Waals surface area (Å²) in [7, 11) is 0. The van der Waals surface area contributed by atoms with Crippen LogP contribution in [0.25, 0.3) is 92.6 Å². The molecule has 7 aromatic carbocycles. The maximum Gasteiger partial charge on any atom is 0.164 e. The first-order valence-electron chi connectivity index (χ1n) is 16.0. The summed E-state index contributed by atoms with van der Waals surface area (Å²) >= 11 is 1.88. The molecule has 4 nitrogen and oxygen atoms in total. The second-order valence-electron chi connectivity index (χ2n) is 12.0. The van der Waals surface area contributed by atoms with Crippen LogP contribution in [0.4, 0.5) is 0 Å². The number of para-hydroxylation sites is 1. The molecule has 0 bridgehead atoms. The number of rotatable bonds is 4. The van der Waals surface area contributed by atoms with Crippen molar-refractivity contribution in [2.75, 3.05) is 0 Å². The number of fused-ring (bicyclic) bond motifs is 10. The predicted molar refractivity (Wildman–Crippen MR) is 201 cm³/mol. The zero-order chi connectivity index (χ0) is 31.6. The second kappa shape index (κ2) is 10.7. The van der Waals surface area contributed by atoms with Gasteiger partial charge in [-0.05, 0) is 47.2 Å². The second-order valence-corrected chi connectivity index (χ2v) is 13.1. The normalized spacial score (nSPS) is 11.8. The summed E-state index contributed by atoms with van der Waals surface area (Å²) in [6.45, 7) is 0. The maximum atomic E-state index is 4.96. The van der Waals surface area contributed by atoms with Crippen LogP contribution in [0.5, 0.6) is 0 Å². The van der Waals surface area contributed by atoms with Crippen LogP contribution >= 0.6 is 11.3 Å². The first-order chi connectivity index (χ1) is 23.8. The number of benzene rings is 7. The van der Waals surface area contributed by atoms with Crippen LogP contribution in [0.3, 0.4) is 0 Å². The molecule has 0 aliphatic rings. The van der Waals surface area contributed by atoms with Gasteiger partial charge in [0.2, 0.25) is 0 Å². The molecule has 0 aliphatic carbocycles. The van der Waals surface area contributed by atoms with Crippen molar-refractivity contribution in [2.24, 2.45) is 0 Å². The van der Waals surface area contributed by atoms with E-state index in [-0.39, 0.29) is 0 Å². The van der Waals surface area contributed by atoms with E-state index in [0.29, 0.717) is 17.5 Å². The highest BCUT2D eigenvalue weighted by Gasteiger charge is 2.21. The van der Waals surface area contributed by atoms with Crippen molar-refractivity contribution in [3.8, 4) is 39.9 Å². The topological polar surface area (TPSA) is 43.6 Å². The zero-order valence-electron chi connectivity index (χ0n) is 25.7. The number of nitrogens with zero attached hydrogens (tertiary/aromatic N) is 4. The summed E-state index contributed by atoms with van der Waals surface area (Å²) in [4.78, 5) is 14.8. The molecular formula is C43H26N4S. The quantitative estimate of drug-likeness (QED) is 0.194. The van der Waals surface area contributed by atoms with E-state index in [0.717, 1.165) is 22.4 Å². The third-order valence-electron chi connectivity index (χ3n) is 9.23. The minimum absolute atomic E-state index is 0.648. The van der Waals surface area contributed by atoms with Crippen LogP contribution in [0, 0.1) is 0 Å². The highest BCUT2D eigenvalue weighted by atomic mass is 32.1. The molecule has 3 aromatic heterocycles. The molecule has 3 heterocycles. The van der Waals surface area contributed by atoms with E-state index < -0.39 is 0 Å². The van der Waals surface area contributed by atoms with Gasteiger partial charge in [0.05, 0.1) is 15.7 Å². The highest BCUT2D eigenvalue weighted by molar-refractivity contribution is 7.27. The molecule has 0 radical (unpaired) electrons. The molecule has 48 heavy (non-hydrogen) atoms. The minimum atomic E-state index is 0.648. The number of hydrogen-bond acceptors (Lipinski definition) is 4. The summed E-state index contributed by atoms with van der Waals surface area (Å²) in [6.07, 6.45) is 0. The van der Waals surface area contributed by atoms with Gasteiger partial charge >= 0.3 is 0 Å². The SMILES string of the molecule is c1ccc(-c2nc(-c3ccccc3)nc(-c3ccc(-n4c5ccccc5c5c6ccccc6c6c7ccccc7sc6c54)cc3)n2)cc1. The van der Waals surface area contributed by atoms with Gasteiger partial charge in [0.1, 0.15) is 0 Å². The Balaban J connectivity index is 1.21.